The van der Waals surface area contributed by atoms with Crippen molar-refractivity contribution in [3.8, 4) is 0 Å². The Balaban J connectivity index is 0. The number of carbonyl (C=O) groups is 1. The summed E-state index contributed by atoms with van der Waals surface area (Å²) in [6, 6.07) is 0. The van der Waals surface area contributed by atoms with Gasteiger partial charge >= 0.3 is 19.5 Å². The molecule has 0 spiro atoms. The zero-order chi connectivity index (χ0) is 15.8. The summed E-state index contributed by atoms with van der Waals surface area (Å²) >= 11 is 0. The third-order valence-electron chi connectivity index (χ3n) is 3.72. The van der Waals surface area contributed by atoms with Crippen molar-refractivity contribution in [2.45, 2.75) is 96.5 Å². The Hall–Kier alpha value is -0.207. The smallest absolute Gasteiger partial charge is 0.550 e. The van der Waals surface area contributed by atoms with E-state index in [2.05, 4.69) is 19.1 Å². The molecule has 124 valence electrons. The first-order valence-electron chi connectivity index (χ1n) is 8.69. The Kier molecular flexibility index (Phi) is 20.6. The number of carbonyl (C=O) groups excluding carboxylic acids is 1. The zero-order valence-electron chi connectivity index (χ0n) is 14.4. The number of carboxylic acids is 1. The fourth-order valence-corrected chi connectivity index (χ4v) is 2.36. The molecule has 0 fully saturated rings. The molecular formula is C18H33O3Zn+. The number of rotatable bonds is 15. The molecule has 0 rings (SSSR count). The van der Waals surface area contributed by atoms with Gasteiger partial charge in [-0.2, -0.15) is 0 Å². The van der Waals surface area contributed by atoms with Gasteiger partial charge in [-0.05, 0) is 38.5 Å². The van der Waals surface area contributed by atoms with E-state index in [-0.39, 0.29) is 32.0 Å². The topological polar surface area (TPSA) is 60.4 Å². The second kappa shape index (κ2) is 18.8. The van der Waals surface area contributed by atoms with Crippen LogP contribution in [0.1, 0.15) is 90.4 Å². The average Bonchev–Trinajstić information content (AvgIpc) is 2.45. The fourth-order valence-electron chi connectivity index (χ4n) is 2.36. The van der Waals surface area contributed by atoms with Gasteiger partial charge in [0.1, 0.15) is 0 Å². The van der Waals surface area contributed by atoms with Crippen LogP contribution in [0.3, 0.4) is 0 Å². The van der Waals surface area contributed by atoms with Crippen LogP contribution in [0.25, 0.3) is 0 Å². The van der Waals surface area contributed by atoms with Gasteiger partial charge in [-0.15, -0.1) is 0 Å². The van der Waals surface area contributed by atoms with E-state index in [4.69, 9.17) is 0 Å². The molecule has 1 atom stereocenters. The van der Waals surface area contributed by atoms with Crippen LogP contribution < -0.4 is 5.11 Å². The largest absolute Gasteiger partial charge is 2.00 e. The van der Waals surface area contributed by atoms with Crippen LogP contribution in [0, 0.1) is 0 Å². The molecule has 0 unspecified atom stereocenters. The van der Waals surface area contributed by atoms with Crippen LogP contribution >= 0.6 is 0 Å². The van der Waals surface area contributed by atoms with E-state index >= 15 is 0 Å². The maximum atomic E-state index is 10.2. The minimum atomic E-state index is -0.939. The van der Waals surface area contributed by atoms with Crippen molar-refractivity contribution < 1.29 is 34.5 Å². The van der Waals surface area contributed by atoms with Crippen LogP contribution in [0.15, 0.2) is 12.2 Å². The average molecular weight is 363 g/mol. The number of allylic oxidation sites excluding steroid dienone is 1. The number of carboxylic acid groups (broad SMARTS) is 1. The maximum absolute atomic E-state index is 10.2. The van der Waals surface area contributed by atoms with Gasteiger partial charge in [0.15, 0.2) is 0 Å². The minimum absolute atomic E-state index is 0. The molecule has 0 radical (unpaired) electrons. The molecule has 0 saturated heterocycles. The predicted octanol–water partition coefficient (Wildman–Crippen LogP) is 3.74. The first kappa shape index (κ1) is 24.1. The van der Waals surface area contributed by atoms with Crippen molar-refractivity contribution in [3.63, 3.8) is 0 Å². The molecule has 0 aromatic heterocycles. The first-order chi connectivity index (χ1) is 10.2. The molecule has 0 aliphatic rings. The van der Waals surface area contributed by atoms with Crippen LogP contribution in [-0.2, 0) is 24.3 Å². The second-order valence-electron chi connectivity index (χ2n) is 5.89. The molecule has 0 bridgehead atoms. The Morgan fingerprint density at radius 2 is 1.64 bits per heavy atom. The van der Waals surface area contributed by atoms with Crippen molar-refractivity contribution in [2.75, 3.05) is 0 Å². The van der Waals surface area contributed by atoms with Gasteiger partial charge < -0.3 is 15.0 Å². The summed E-state index contributed by atoms with van der Waals surface area (Å²) in [6.45, 7) is 2.20. The zero-order valence-corrected chi connectivity index (χ0v) is 17.4. The third-order valence-corrected chi connectivity index (χ3v) is 3.72. The van der Waals surface area contributed by atoms with E-state index in [0.717, 1.165) is 57.8 Å². The second-order valence-corrected chi connectivity index (χ2v) is 5.89. The van der Waals surface area contributed by atoms with Crippen molar-refractivity contribution in [1.29, 1.82) is 0 Å². The van der Waals surface area contributed by atoms with Gasteiger partial charge in [0, 0.05) is 5.97 Å². The van der Waals surface area contributed by atoms with Crippen LogP contribution in [0.4, 0.5) is 0 Å². The summed E-state index contributed by atoms with van der Waals surface area (Å²) in [5.74, 6) is -0.939. The van der Waals surface area contributed by atoms with E-state index in [1.807, 2.05) is 0 Å². The number of aliphatic hydroxyl groups excluding tert-OH is 1. The molecule has 0 aliphatic carbocycles. The summed E-state index contributed by atoms with van der Waals surface area (Å²) in [5.41, 5.74) is 0. The van der Waals surface area contributed by atoms with Crippen molar-refractivity contribution >= 4 is 5.97 Å². The SMILES string of the molecule is CCCCCC[C@@H](O)C/C=C\CCCCCCCC(=O)[O-].[Zn+2]. The van der Waals surface area contributed by atoms with Gasteiger partial charge in [0.05, 0.1) is 6.10 Å². The Morgan fingerprint density at radius 3 is 2.32 bits per heavy atom. The first-order valence-corrected chi connectivity index (χ1v) is 8.69. The van der Waals surface area contributed by atoms with Crippen LogP contribution in [0.2, 0.25) is 0 Å². The van der Waals surface area contributed by atoms with Crippen molar-refractivity contribution in [2.24, 2.45) is 0 Å². The summed E-state index contributed by atoms with van der Waals surface area (Å²) < 4.78 is 0. The Morgan fingerprint density at radius 1 is 1.00 bits per heavy atom. The van der Waals surface area contributed by atoms with E-state index in [1.54, 1.807) is 0 Å². The number of unbranched alkanes of at least 4 members (excludes halogenated alkanes) is 8. The molecule has 0 saturated carbocycles. The van der Waals surface area contributed by atoms with Crippen LogP contribution in [0.5, 0.6) is 0 Å². The van der Waals surface area contributed by atoms with Gasteiger partial charge in [0.25, 0.3) is 0 Å². The van der Waals surface area contributed by atoms with E-state index < -0.39 is 5.97 Å². The fraction of sp³-hybridized carbons (Fsp3) is 0.833. The number of aliphatic hydroxyl groups is 1. The summed E-state index contributed by atoms with van der Waals surface area (Å²) in [5, 5.41) is 20.0. The van der Waals surface area contributed by atoms with Gasteiger partial charge in [-0.1, -0.05) is 64.0 Å². The third kappa shape index (κ3) is 19.8. The summed E-state index contributed by atoms with van der Waals surface area (Å²) in [4.78, 5) is 10.2. The molecule has 4 heteroatoms. The normalized spacial score (nSPS) is 12.3. The number of hydrogen-bond donors (Lipinski definition) is 1. The Bertz CT molecular complexity index is 267. The van der Waals surface area contributed by atoms with Crippen LogP contribution in [-0.4, -0.2) is 17.2 Å². The molecule has 0 aromatic rings. The molecule has 0 aromatic carbocycles. The Labute approximate surface area is 149 Å². The van der Waals surface area contributed by atoms with Gasteiger partial charge in [-0.25, -0.2) is 0 Å². The van der Waals surface area contributed by atoms with E-state index in [9.17, 15) is 15.0 Å². The molecule has 0 aliphatic heterocycles. The maximum Gasteiger partial charge on any atom is 2.00 e. The molecule has 0 heterocycles. The van der Waals surface area contributed by atoms with E-state index in [0.29, 0.717) is 0 Å². The molecular weight excluding hydrogens is 330 g/mol. The minimum Gasteiger partial charge on any atom is -0.550 e. The summed E-state index contributed by atoms with van der Waals surface area (Å²) in [6.07, 6.45) is 17.0. The van der Waals surface area contributed by atoms with E-state index in [1.165, 1.54) is 19.3 Å². The monoisotopic (exact) mass is 361 g/mol. The molecule has 3 nitrogen and oxygen atoms in total. The summed E-state index contributed by atoms with van der Waals surface area (Å²) in [7, 11) is 0. The van der Waals surface area contributed by atoms with Crippen molar-refractivity contribution in [1.82, 2.24) is 0 Å². The predicted molar refractivity (Wildman–Crippen MR) is 85.8 cm³/mol. The molecule has 22 heavy (non-hydrogen) atoms. The van der Waals surface area contributed by atoms with Crippen molar-refractivity contribution in [3.05, 3.63) is 12.2 Å². The standard InChI is InChI=1S/C18H34O3.Zn/c1-2-3-4-11-14-17(19)15-12-9-7-5-6-8-10-13-16-18(20)21;/h9,12,17,19H,2-8,10-11,13-16H2,1H3,(H,20,21);/q;+2/p-1/b12-9-;/t17-;/m1./s1. The van der Waals surface area contributed by atoms with Gasteiger partial charge in [-0.3, -0.25) is 0 Å². The molecule has 0 amide bonds. The molecule has 1 N–H and O–H groups in total. The number of aliphatic carboxylic acids is 1. The van der Waals surface area contributed by atoms with Gasteiger partial charge in [0.2, 0.25) is 0 Å². The quantitative estimate of drug-likeness (QED) is 0.274. The number of hydrogen-bond acceptors (Lipinski definition) is 3.